The fourth-order valence-corrected chi connectivity index (χ4v) is 2.26. The molecule has 0 aliphatic rings. The summed E-state index contributed by atoms with van der Waals surface area (Å²) in [5, 5.41) is 7.27. The maximum Gasteiger partial charge on any atom is 0.257 e. The van der Waals surface area contributed by atoms with E-state index >= 15 is 0 Å². The summed E-state index contributed by atoms with van der Waals surface area (Å²) >= 11 is 5.83. The number of benzene rings is 2. The smallest absolute Gasteiger partial charge is 0.257 e. The van der Waals surface area contributed by atoms with Gasteiger partial charge >= 0.3 is 0 Å². The molecule has 116 valence electrons. The molecular weight excluding hydrogens is 314 g/mol. The topological polar surface area (TPSA) is 68.0 Å². The molecule has 1 aromatic heterocycles. The Hall–Kier alpha value is -2.66. The van der Waals surface area contributed by atoms with Crippen molar-refractivity contribution in [3.05, 3.63) is 64.9 Å². The average molecular weight is 328 g/mol. The van der Waals surface area contributed by atoms with Gasteiger partial charge in [0.15, 0.2) is 5.82 Å². The summed E-state index contributed by atoms with van der Waals surface area (Å²) in [6.45, 7) is 1.75. The lowest BCUT2D eigenvalue weighted by atomic mass is 10.1. The fraction of sp³-hybridized carbons (Fsp3) is 0.118. The van der Waals surface area contributed by atoms with Crippen LogP contribution in [0.1, 0.15) is 11.4 Å². The minimum atomic E-state index is -0.105. The molecule has 0 atom stereocenters. The molecule has 2 aromatic carbocycles. The van der Waals surface area contributed by atoms with Crippen LogP contribution in [-0.4, -0.2) is 16.0 Å². The number of hydrogen-bond acceptors (Lipinski definition) is 4. The SMILES string of the molecule is Cc1noc(-c2cccc(NC(=O)Cc3ccc(Cl)cc3)c2)n1. The number of anilines is 1. The average Bonchev–Trinajstić information content (AvgIpc) is 2.96. The van der Waals surface area contributed by atoms with Crippen molar-refractivity contribution < 1.29 is 9.32 Å². The highest BCUT2D eigenvalue weighted by molar-refractivity contribution is 6.30. The number of carbonyl (C=O) groups is 1. The molecule has 0 spiro atoms. The second kappa shape index (κ2) is 6.62. The van der Waals surface area contributed by atoms with Crippen molar-refractivity contribution in [1.29, 1.82) is 0 Å². The molecule has 0 aliphatic carbocycles. The van der Waals surface area contributed by atoms with E-state index in [9.17, 15) is 4.79 Å². The molecule has 0 aliphatic heterocycles. The van der Waals surface area contributed by atoms with Gasteiger partial charge in [0.25, 0.3) is 5.89 Å². The Labute approximate surface area is 138 Å². The third-order valence-electron chi connectivity index (χ3n) is 3.20. The molecule has 5 nitrogen and oxygen atoms in total. The summed E-state index contributed by atoms with van der Waals surface area (Å²) in [4.78, 5) is 16.3. The van der Waals surface area contributed by atoms with Crippen LogP contribution in [0, 0.1) is 6.92 Å². The molecule has 3 rings (SSSR count). The quantitative estimate of drug-likeness (QED) is 0.789. The number of aryl methyl sites for hydroxylation is 1. The Morgan fingerprint density at radius 1 is 1.22 bits per heavy atom. The maximum absolute atomic E-state index is 12.1. The molecule has 0 bridgehead atoms. The highest BCUT2D eigenvalue weighted by Gasteiger charge is 2.09. The normalized spacial score (nSPS) is 10.5. The number of carbonyl (C=O) groups excluding carboxylic acids is 1. The molecule has 0 fully saturated rings. The van der Waals surface area contributed by atoms with Crippen molar-refractivity contribution in [2.75, 3.05) is 5.32 Å². The zero-order chi connectivity index (χ0) is 16.2. The Morgan fingerprint density at radius 3 is 2.70 bits per heavy atom. The first-order valence-electron chi connectivity index (χ1n) is 7.05. The molecule has 6 heteroatoms. The van der Waals surface area contributed by atoms with E-state index in [4.69, 9.17) is 16.1 Å². The van der Waals surface area contributed by atoms with Crippen LogP contribution < -0.4 is 5.32 Å². The van der Waals surface area contributed by atoms with Gasteiger partial charge in [0, 0.05) is 16.3 Å². The Balaban J connectivity index is 1.70. The van der Waals surface area contributed by atoms with Crippen LogP contribution in [-0.2, 0) is 11.2 Å². The lowest BCUT2D eigenvalue weighted by Crippen LogP contribution is -2.14. The molecule has 1 heterocycles. The van der Waals surface area contributed by atoms with Crippen LogP contribution in [0.15, 0.2) is 53.1 Å². The first-order chi connectivity index (χ1) is 11.1. The number of aromatic nitrogens is 2. The van der Waals surface area contributed by atoms with E-state index in [2.05, 4.69) is 15.5 Å². The fourth-order valence-electron chi connectivity index (χ4n) is 2.14. The third kappa shape index (κ3) is 3.96. The van der Waals surface area contributed by atoms with Gasteiger partial charge in [0.05, 0.1) is 6.42 Å². The number of amides is 1. The van der Waals surface area contributed by atoms with Crippen LogP contribution in [0.25, 0.3) is 11.5 Å². The largest absolute Gasteiger partial charge is 0.334 e. The third-order valence-corrected chi connectivity index (χ3v) is 3.45. The Kier molecular flexibility index (Phi) is 4.39. The van der Waals surface area contributed by atoms with Crippen molar-refractivity contribution in [3.8, 4) is 11.5 Å². The zero-order valence-corrected chi connectivity index (χ0v) is 13.2. The van der Waals surface area contributed by atoms with Crippen molar-refractivity contribution >= 4 is 23.2 Å². The summed E-state index contributed by atoms with van der Waals surface area (Å²) < 4.78 is 5.13. The van der Waals surface area contributed by atoms with Gasteiger partial charge in [-0.15, -0.1) is 0 Å². The molecule has 0 unspecified atom stereocenters. The molecule has 0 saturated carbocycles. The minimum absolute atomic E-state index is 0.105. The van der Waals surface area contributed by atoms with E-state index in [1.165, 1.54) is 0 Å². The molecule has 3 aromatic rings. The summed E-state index contributed by atoms with van der Waals surface area (Å²) in [5.41, 5.74) is 2.34. The van der Waals surface area contributed by atoms with Crippen LogP contribution in [0.2, 0.25) is 5.02 Å². The molecule has 1 amide bonds. The van der Waals surface area contributed by atoms with Crippen molar-refractivity contribution in [2.45, 2.75) is 13.3 Å². The monoisotopic (exact) mass is 327 g/mol. The van der Waals surface area contributed by atoms with E-state index in [1.807, 2.05) is 30.3 Å². The number of halogens is 1. The number of rotatable bonds is 4. The van der Waals surface area contributed by atoms with Gasteiger partial charge in [-0.3, -0.25) is 4.79 Å². The van der Waals surface area contributed by atoms with Crippen molar-refractivity contribution in [3.63, 3.8) is 0 Å². The van der Waals surface area contributed by atoms with Crippen molar-refractivity contribution in [2.24, 2.45) is 0 Å². The first-order valence-corrected chi connectivity index (χ1v) is 7.43. The standard InChI is InChI=1S/C17H14ClN3O2/c1-11-19-17(23-21-11)13-3-2-4-15(10-13)20-16(22)9-12-5-7-14(18)8-6-12/h2-8,10H,9H2,1H3,(H,20,22). The van der Waals surface area contributed by atoms with Crippen LogP contribution >= 0.6 is 11.6 Å². The predicted molar refractivity (Wildman–Crippen MR) is 88.3 cm³/mol. The second-order valence-electron chi connectivity index (χ2n) is 5.08. The number of nitrogens with zero attached hydrogens (tertiary/aromatic N) is 2. The first kappa shape index (κ1) is 15.2. The van der Waals surface area contributed by atoms with Gasteiger partial charge in [-0.1, -0.05) is 35.0 Å². The second-order valence-corrected chi connectivity index (χ2v) is 5.52. The Morgan fingerprint density at radius 2 is 2.00 bits per heavy atom. The minimum Gasteiger partial charge on any atom is -0.334 e. The van der Waals surface area contributed by atoms with Gasteiger partial charge < -0.3 is 9.84 Å². The molecule has 23 heavy (non-hydrogen) atoms. The molecule has 1 N–H and O–H groups in total. The number of nitrogens with one attached hydrogen (secondary N) is 1. The lowest BCUT2D eigenvalue weighted by molar-refractivity contribution is -0.115. The lowest BCUT2D eigenvalue weighted by Gasteiger charge is -2.06. The summed E-state index contributed by atoms with van der Waals surface area (Å²) in [7, 11) is 0. The summed E-state index contributed by atoms with van der Waals surface area (Å²) in [6.07, 6.45) is 0.279. The number of hydrogen-bond donors (Lipinski definition) is 1. The highest BCUT2D eigenvalue weighted by atomic mass is 35.5. The molecular formula is C17H14ClN3O2. The van der Waals surface area contributed by atoms with Gasteiger partial charge in [-0.05, 0) is 42.8 Å². The van der Waals surface area contributed by atoms with E-state index in [0.29, 0.717) is 22.4 Å². The summed E-state index contributed by atoms with van der Waals surface area (Å²) in [6, 6.07) is 14.5. The maximum atomic E-state index is 12.1. The van der Waals surface area contributed by atoms with Gasteiger partial charge in [-0.25, -0.2) is 0 Å². The summed E-state index contributed by atoms with van der Waals surface area (Å²) in [5.74, 6) is 0.889. The highest BCUT2D eigenvalue weighted by Crippen LogP contribution is 2.21. The van der Waals surface area contributed by atoms with E-state index in [0.717, 1.165) is 11.1 Å². The van der Waals surface area contributed by atoms with Crippen LogP contribution in [0.3, 0.4) is 0 Å². The van der Waals surface area contributed by atoms with Gasteiger partial charge in [0.1, 0.15) is 0 Å². The van der Waals surface area contributed by atoms with E-state index in [1.54, 1.807) is 25.1 Å². The Bertz CT molecular complexity index is 828. The van der Waals surface area contributed by atoms with Gasteiger partial charge in [0.2, 0.25) is 5.91 Å². The van der Waals surface area contributed by atoms with E-state index < -0.39 is 0 Å². The molecule has 0 radical (unpaired) electrons. The van der Waals surface area contributed by atoms with Crippen LogP contribution in [0.4, 0.5) is 5.69 Å². The van der Waals surface area contributed by atoms with Crippen molar-refractivity contribution in [1.82, 2.24) is 10.1 Å². The molecule has 0 saturated heterocycles. The van der Waals surface area contributed by atoms with Crippen LogP contribution in [0.5, 0.6) is 0 Å². The van der Waals surface area contributed by atoms with Gasteiger partial charge in [-0.2, -0.15) is 4.98 Å². The predicted octanol–water partition coefficient (Wildman–Crippen LogP) is 3.88. The van der Waals surface area contributed by atoms with E-state index in [-0.39, 0.29) is 12.3 Å². The zero-order valence-electron chi connectivity index (χ0n) is 12.4.